The van der Waals surface area contributed by atoms with E-state index in [4.69, 9.17) is 10.00 Å². The van der Waals surface area contributed by atoms with Crippen molar-refractivity contribution in [3.8, 4) is 6.07 Å². The van der Waals surface area contributed by atoms with Crippen molar-refractivity contribution < 1.29 is 9.53 Å². The molecule has 0 atom stereocenters. The molecule has 98 valence electrons. The average molecular weight is 255 g/mol. The van der Waals surface area contributed by atoms with E-state index in [0.717, 1.165) is 24.0 Å². The van der Waals surface area contributed by atoms with Gasteiger partial charge in [-0.15, -0.1) is 0 Å². The molecule has 1 aromatic carbocycles. The summed E-state index contributed by atoms with van der Waals surface area (Å²) >= 11 is 0. The first kappa shape index (κ1) is 13.4. The maximum Gasteiger partial charge on any atom is 0.309 e. The number of nitrogens with zero attached hydrogens (tertiary/aromatic N) is 1. The van der Waals surface area contributed by atoms with Gasteiger partial charge in [-0.25, -0.2) is 0 Å². The molecule has 3 heteroatoms. The Morgan fingerprint density at radius 2 is 2.11 bits per heavy atom. The summed E-state index contributed by atoms with van der Waals surface area (Å²) in [5.41, 5.74) is 1.90. The summed E-state index contributed by atoms with van der Waals surface area (Å²) in [6.45, 7) is 2.21. The van der Waals surface area contributed by atoms with Crippen LogP contribution in [-0.2, 0) is 14.9 Å². The van der Waals surface area contributed by atoms with Gasteiger partial charge in [0.25, 0.3) is 0 Å². The van der Waals surface area contributed by atoms with E-state index < -0.39 is 0 Å². The van der Waals surface area contributed by atoms with Crippen LogP contribution in [-0.4, -0.2) is 12.6 Å². The van der Waals surface area contributed by atoms with Crippen molar-refractivity contribution in [3.63, 3.8) is 0 Å². The quantitative estimate of drug-likeness (QED) is 0.759. The zero-order valence-corrected chi connectivity index (χ0v) is 11.1. The van der Waals surface area contributed by atoms with Crippen molar-refractivity contribution in [2.75, 3.05) is 6.61 Å². The lowest BCUT2D eigenvalue weighted by Gasteiger charge is -2.05. The van der Waals surface area contributed by atoms with Gasteiger partial charge in [0.2, 0.25) is 0 Å². The first-order chi connectivity index (χ1) is 9.20. The van der Waals surface area contributed by atoms with Gasteiger partial charge in [-0.2, -0.15) is 5.26 Å². The number of hydrogen-bond donors (Lipinski definition) is 0. The molecule has 1 aromatic rings. The monoisotopic (exact) mass is 255 g/mol. The van der Waals surface area contributed by atoms with Crippen LogP contribution in [0.15, 0.2) is 30.3 Å². The fraction of sp³-hybridized carbons (Fsp3) is 0.375. The SMILES string of the molecule is CCOC(=O)CC=Cc1ccc(C2(C#N)CC2)cc1. The van der Waals surface area contributed by atoms with Gasteiger partial charge in [0.1, 0.15) is 0 Å². The van der Waals surface area contributed by atoms with Crippen molar-refractivity contribution in [1.82, 2.24) is 0 Å². The molecule has 3 nitrogen and oxygen atoms in total. The van der Waals surface area contributed by atoms with E-state index in [1.54, 1.807) is 13.0 Å². The van der Waals surface area contributed by atoms with E-state index in [9.17, 15) is 4.79 Å². The Labute approximate surface area is 113 Å². The van der Waals surface area contributed by atoms with Gasteiger partial charge in [-0.05, 0) is 30.9 Å². The molecule has 1 fully saturated rings. The highest BCUT2D eigenvalue weighted by Gasteiger charge is 2.44. The van der Waals surface area contributed by atoms with E-state index in [1.165, 1.54) is 0 Å². The highest BCUT2D eigenvalue weighted by Crippen LogP contribution is 2.47. The molecule has 0 unspecified atom stereocenters. The van der Waals surface area contributed by atoms with Crippen LogP contribution in [0.2, 0.25) is 0 Å². The van der Waals surface area contributed by atoms with Crippen molar-refractivity contribution >= 4 is 12.0 Å². The molecule has 19 heavy (non-hydrogen) atoms. The van der Waals surface area contributed by atoms with Gasteiger partial charge < -0.3 is 4.74 Å². The van der Waals surface area contributed by atoms with E-state index in [1.807, 2.05) is 30.3 Å². The lowest BCUT2D eigenvalue weighted by atomic mass is 9.96. The topological polar surface area (TPSA) is 50.1 Å². The second-order valence-corrected chi connectivity index (χ2v) is 4.73. The van der Waals surface area contributed by atoms with Crippen LogP contribution in [0.4, 0.5) is 0 Å². The van der Waals surface area contributed by atoms with Crippen molar-refractivity contribution in [3.05, 3.63) is 41.5 Å². The molecule has 0 saturated heterocycles. The molecule has 0 radical (unpaired) electrons. The van der Waals surface area contributed by atoms with Crippen LogP contribution in [0.5, 0.6) is 0 Å². The third-order valence-corrected chi connectivity index (χ3v) is 3.33. The molecule has 0 bridgehead atoms. The molecule has 0 aliphatic heterocycles. The van der Waals surface area contributed by atoms with Gasteiger partial charge in [0, 0.05) is 0 Å². The number of hydrogen-bond acceptors (Lipinski definition) is 3. The van der Waals surface area contributed by atoms with Crippen LogP contribution < -0.4 is 0 Å². The normalized spacial score (nSPS) is 16.0. The van der Waals surface area contributed by atoms with Crippen LogP contribution in [0.1, 0.15) is 37.3 Å². The minimum absolute atomic E-state index is 0.211. The number of rotatable bonds is 5. The third kappa shape index (κ3) is 3.23. The highest BCUT2D eigenvalue weighted by atomic mass is 16.5. The Bertz CT molecular complexity index is 519. The predicted octanol–water partition coefficient (Wildman–Crippen LogP) is 3.21. The van der Waals surface area contributed by atoms with Crippen molar-refractivity contribution in [1.29, 1.82) is 5.26 Å². The summed E-state index contributed by atoms with van der Waals surface area (Å²) < 4.78 is 4.84. The molecule has 0 spiro atoms. The summed E-state index contributed by atoms with van der Waals surface area (Å²) in [4.78, 5) is 11.2. The van der Waals surface area contributed by atoms with Crippen LogP contribution in [0.3, 0.4) is 0 Å². The molecule has 2 rings (SSSR count). The molecule has 1 aliphatic rings. The summed E-state index contributed by atoms with van der Waals surface area (Å²) in [7, 11) is 0. The van der Waals surface area contributed by atoms with Crippen LogP contribution >= 0.6 is 0 Å². The Morgan fingerprint density at radius 1 is 1.42 bits per heavy atom. The Kier molecular flexibility index (Phi) is 4.01. The van der Waals surface area contributed by atoms with E-state index >= 15 is 0 Å². The molecular weight excluding hydrogens is 238 g/mol. The van der Waals surface area contributed by atoms with Crippen LogP contribution in [0, 0.1) is 11.3 Å². The summed E-state index contributed by atoms with van der Waals surface area (Å²) in [6, 6.07) is 10.3. The fourth-order valence-corrected chi connectivity index (χ4v) is 2.01. The molecular formula is C16H17NO2. The zero-order chi connectivity index (χ0) is 13.7. The predicted molar refractivity (Wildman–Crippen MR) is 73.3 cm³/mol. The number of benzene rings is 1. The number of carbonyl (C=O) groups excluding carboxylic acids is 1. The summed E-state index contributed by atoms with van der Waals surface area (Å²) in [5, 5.41) is 9.12. The summed E-state index contributed by atoms with van der Waals surface area (Å²) in [5.74, 6) is -0.211. The molecule has 1 saturated carbocycles. The smallest absolute Gasteiger partial charge is 0.309 e. The molecule has 0 amide bonds. The van der Waals surface area contributed by atoms with Gasteiger partial charge in [-0.3, -0.25) is 4.79 Å². The Balaban J connectivity index is 1.94. The molecule has 0 N–H and O–H groups in total. The van der Waals surface area contributed by atoms with Gasteiger partial charge in [-0.1, -0.05) is 36.4 Å². The maximum atomic E-state index is 11.2. The maximum absolute atomic E-state index is 11.2. The summed E-state index contributed by atoms with van der Waals surface area (Å²) in [6.07, 6.45) is 5.90. The van der Waals surface area contributed by atoms with E-state index in [2.05, 4.69) is 6.07 Å². The van der Waals surface area contributed by atoms with Gasteiger partial charge in [0.15, 0.2) is 0 Å². The number of esters is 1. The molecule has 1 aliphatic carbocycles. The zero-order valence-electron chi connectivity index (χ0n) is 11.1. The second kappa shape index (κ2) is 5.71. The number of nitriles is 1. The number of ether oxygens (including phenoxy) is 1. The first-order valence-corrected chi connectivity index (χ1v) is 6.54. The van der Waals surface area contributed by atoms with Crippen molar-refractivity contribution in [2.24, 2.45) is 0 Å². The van der Waals surface area contributed by atoms with E-state index in [-0.39, 0.29) is 17.8 Å². The average Bonchev–Trinajstić information content (AvgIpc) is 3.21. The highest BCUT2D eigenvalue weighted by molar-refractivity contribution is 5.72. The van der Waals surface area contributed by atoms with Crippen LogP contribution in [0.25, 0.3) is 6.08 Å². The molecule has 0 heterocycles. The minimum atomic E-state index is -0.229. The van der Waals surface area contributed by atoms with Crippen molar-refractivity contribution in [2.45, 2.75) is 31.6 Å². The second-order valence-electron chi connectivity index (χ2n) is 4.73. The lowest BCUT2D eigenvalue weighted by Crippen LogP contribution is -2.02. The molecule has 0 aromatic heterocycles. The van der Waals surface area contributed by atoms with Gasteiger partial charge in [0.05, 0.1) is 24.5 Å². The lowest BCUT2D eigenvalue weighted by molar-refractivity contribution is -0.142. The third-order valence-electron chi connectivity index (χ3n) is 3.33. The first-order valence-electron chi connectivity index (χ1n) is 6.54. The largest absolute Gasteiger partial charge is 0.466 e. The fourth-order valence-electron chi connectivity index (χ4n) is 2.01. The standard InChI is InChI=1S/C16H17NO2/c1-2-19-15(18)5-3-4-13-6-8-14(9-7-13)16(12-17)10-11-16/h3-4,6-9H,2,5,10-11H2,1H3. The Morgan fingerprint density at radius 3 is 2.63 bits per heavy atom. The Hall–Kier alpha value is -2.08. The van der Waals surface area contributed by atoms with Gasteiger partial charge >= 0.3 is 5.97 Å². The van der Waals surface area contributed by atoms with E-state index in [0.29, 0.717) is 6.61 Å². The number of carbonyl (C=O) groups is 1. The minimum Gasteiger partial charge on any atom is -0.466 e.